The Bertz CT molecular complexity index is 708. The van der Waals surface area contributed by atoms with Crippen LogP contribution in [0.2, 0.25) is 0 Å². The zero-order valence-electron chi connectivity index (χ0n) is 11.5. The predicted molar refractivity (Wildman–Crippen MR) is 82.9 cm³/mol. The van der Waals surface area contributed by atoms with Crippen LogP contribution >= 0.6 is 0 Å². The van der Waals surface area contributed by atoms with E-state index in [1.807, 2.05) is 30.5 Å². The lowest BCUT2D eigenvalue weighted by molar-refractivity contribution is 0.993. The van der Waals surface area contributed by atoms with E-state index >= 15 is 0 Å². The summed E-state index contributed by atoms with van der Waals surface area (Å²) in [5.74, 6) is 0.965. The maximum absolute atomic E-state index is 4.68. The Morgan fingerprint density at radius 2 is 2.00 bits per heavy atom. The number of aryl methyl sites for hydroxylation is 1. The molecule has 0 spiro atoms. The van der Waals surface area contributed by atoms with Gasteiger partial charge in [0.2, 0.25) is 0 Å². The molecule has 1 N–H and O–H groups in total. The van der Waals surface area contributed by atoms with Gasteiger partial charge in [0.15, 0.2) is 0 Å². The third kappa shape index (κ3) is 2.77. The lowest BCUT2D eigenvalue weighted by Crippen LogP contribution is -2.07. The highest BCUT2D eigenvalue weighted by molar-refractivity contribution is 5.81. The molecule has 0 unspecified atom stereocenters. The Kier molecular flexibility index (Phi) is 3.59. The minimum atomic E-state index is 0.859. The molecule has 3 heteroatoms. The normalized spacial score (nSPS) is 10.7. The van der Waals surface area contributed by atoms with E-state index in [4.69, 9.17) is 0 Å². The minimum Gasteiger partial charge on any atom is -0.370 e. The molecule has 0 aliphatic carbocycles. The lowest BCUT2D eigenvalue weighted by atomic mass is 10.1. The molecular formula is C17H17N3. The number of fused-ring (bicyclic) bond motifs is 1. The van der Waals surface area contributed by atoms with Gasteiger partial charge in [0.25, 0.3) is 0 Å². The molecule has 0 radical (unpaired) electrons. The SMILES string of the molecule is Cc1cc2ccccc2nc1NCCc1cccnc1. The van der Waals surface area contributed by atoms with Crippen LogP contribution < -0.4 is 5.32 Å². The first-order valence-electron chi connectivity index (χ1n) is 6.82. The number of aromatic nitrogens is 2. The zero-order chi connectivity index (χ0) is 13.8. The molecule has 0 aliphatic heterocycles. The van der Waals surface area contributed by atoms with Crippen LogP contribution in [0, 0.1) is 6.92 Å². The maximum atomic E-state index is 4.68. The molecule has 0 saturated carbocycles. The number of pyridine rings is 2. The van der Waals surface area contributed by atoms with Gasteiger partial charge in [-0.25, -0.2) is 4.98 Å². The van der Waals surface area contributed by atoms with Gasteiger partial charge < -0.3 is 5.32 Å². The van der Waals surface area contributed by atoms with Crippen LogP contribution in [-0.2, 0) is 6.42 Å². The van der Waals surface area contributed by atoms with Crippen LogP contribution in [0.3, 0.4) is 0 Å². The molecule has 0 amide bonds. The van der Waals surface area contributed by atoms with Gasteiger partial charge in [-0.05, 0) is 42.7 Å². The van der Waals surface area contributed by atoms with Crippen LogP contribution in [0.25, 0.3) is 10.9 Å². The van der Waals surface area contributed by atoms with E-state index in [-0.39, 0.29) is 0 Å². The molecular weight excluding hydrogens is 246 g/mol. The Hall–Kier alpha value is -2.42. The summed E-state index contributed by atoms with van der Waals surface area (Å²) in [6, 6.07) is 14.4. The summed E-state index contributed by atoms with van der Waals surface area (Å²) in [5.41, 5.74) is 3.44. The first-order chi connectivity index (χ1) is 9.83. The quantitative estimate of drug-likeness (QED) is 0.781. The number of rotatable bonds is 4. The van der Waals surface area contributed by atoms with Gasteiger partial charge in [0.05, 0.1) is 5.52 Å². The molecule has 100 valence electrons. The van der Waals surface area contributed by atoms with Gasteiger partial charge in [-0.1, -0.05) is 24.3 Å². The smallest absolute Gasteiger partial charge is 0.129 e. The first-order valence-corrected chi connectivity index (χ1v) is 6.82. The summed E-state index contributed by atoms with van der Waals surface area (Å²) in [6.07, 6.45) is 4.65. The molecule has 2 heterocycles. The lowest BCUT2D eigenvalue weighted by Gasteiger charge is -2.10. The van der Waals surface area contributed by atoms with Crippen molar-refractivity contribution in [3.8, 4) is 0 Å². The number of benzene rings is 1. The topological polar surface area (TPSA) is 37.8 Å². The van der Waals surface area contributed by atoms with E-state index in [1.165, 1.54) is 16.5 Å². The zero-order valence-corrected chi connectivity index (χ0v) is 11.5. The summed E-state index contributed by atoms with van der Waals surface area (Å²) < 4.78 is 0. The van der Waals surface area contributed by atoms with Gasteiger partial charge in [-0.2, -0.15) is 0 Å². The average molecular weight is 263 g/mol. The van der Waals surface area contributed by atoms with Crippen LogP contribution in [0.15, 0.2) is 54.9 Å². The van der Waals surface area contributed by atoms with E-state index in [2.05, 4.69) is 40.4 Å². The van der Waals surface area contributed by atoms with Gasteiger partial charge >= 0.3 is 0 Å². The van der Waals surface area contributed by atoms with Crippen molar-refractivity contribution in [3.05, 3.63) is 66.0 Å². The van der Waals surface area contributed by atoms with Crippen molar-refractivity contribution in [2.45, 2.75) is 13.3 Å². The molecule has 0 fully saturated rings. The van der Waals surface area contributed by atoms with Crippen molar-refractivity contribution < 1.29 is 0 Å². The Balaban J connectivity index is 1.72. The van der Waals surface area contributed by atoms with E-state index in [9.17, 15) is 0 Å². The standard InChI is InChI=1S/C17H17N3/c1-13-11-15-6-2-3-7-16(15)20-17(13)19-10-8-14-5-4-9-18-12-14/h2-7,9,11-12H,8,10H2,1H3,(H,19,20). The maximum Gasteiger partial charge on any atom is 0.129 e. The van der Waals surface area contributed by atoms with Crippen molar-refractivity contribution in [1.29, 1.82) is 0 Å². The van der Waals surface area contributed by atoms with E-state index in [0.29, 0.717) is 0 Å². The van der Waals surface area contributed by atoms with Crippen molar-refractivity contribution >= 4 is 16.7 Å². The van der Waals surface area contributed by atoms with E-state index < -0.39 is 0 Å². The summed E-state index contributed by atoms with van der Waals surface area (Å²) in [4.78, 5) is 8.80. The summed E-state index contributed by atoms with van der Waals surface area (Å²) in [6.45, 7) is 2.95. The van der Waals surface area contributed by atoms with E-state index in [1.54, 1.807) is 6.20 Å². The van der Waals surface area contributed by atoms with Gasteiger partial charge in [-0.3, -0.25) is 4.98 Å². The first kappa shape index (κ1) is 12.6. The van der Waals surface area contributed by atoms with Crippen LogP contribution in [0.1, 0.15) is 11.1 Å². The highest BCUT2D eigenvalue weighted by atomic mass is 15.0. The van der Waals surface area contributed by atoms with Crippen molar-refractivity contribution in [2.24, 2.45) is 0 Å². The van der Waals surface area contributed by atoms with Crippen LogP contribution in [0.4, 0.5) is 5.82 Å². The predicted octanol–water partition coefficient (Wildman–Crippen LogP) is 3.59. The largest absolute Gasteiger partial charge is 0.370 e. The molecule has 0 bridgehead atoms. The Morgan fingerprint density at radius 3 is 2.85 bits per heavy atom. The second kappa shape index (κ2) is 5.70. The summed E-state index contributed by atoms with van der Waals surface area (Å²) in [5, 5.41) is 4.60. The van der Waals surface area contributed by atoms with Crippen molar-refractivity contribution in [3.63, 3.8) is 0 Å². The fourth-order valence-electron chi connectivity index (χ4n) is 2.27. The highest BCUT2D eigenvalue weighted by Gasteiger charge is 2.02. The van der Waals surface area contributed by atoms with Gasteiger partial charge in [-0.15, -0.1) is 0 Å². The third-order valence-electron chi connectivity index (χ3n) is 3.34. The van der Waals surface area contributed by atoms with Crippen molar-refractivity contribution in [1.82, 2.24) is 9.97 Å². The van der Waals surface area contributed by atoms with Gasteiger partial charge in [0.1, 0.15) is 5.82 Å². The molecule has 1 aromatic carbocycles. The summed E-state index contributed by atoms with van der Waals surface area (Å²) in [7, 11) is 0. The van der Waals surface area contributed by atoms with E-state index in [0.717, 1.165) is 24.3 Å². The number of para-hydroxylation sites is 1. The second-order valence-electron chi connectivity index (χ2n) is 4.88. The average Bonchev–Trinajstić information content (AvgIpc) is 2.49. The number of hydrogen-bond donors (Lipinski definition) is 1. The monoisotopic (exact) mass is 263 g/mol. The van der Waals surface area contributed by atoms with Gasteiger partial charge in [0, 0.05) is 24.3 Å². The highest BCUT2D eigenvalue weighted by Crippen LogP contribution is 2.19. The fraction of sp³-hybridized carbons (Fsp3) is 0.176. The Labute approximate surface area is 118 Å². The second-order valence-corrected chi connectivity index (χ2v) is 4.88. The van der Waals surface area contributed by atoms with Crippen molar-refractivity contribution in [2.75, 3.05) is 11.9 Å². The fourth-order valence-corrected chi connectivity index (χ4v) is 2.27. The molecule has 3 rings (SSSR count). The molecule has 0 atom stereocenters. The molecule has 2 aromatic heterocycles. The number of hydrogen-bond acceptors (Lipinski definition) is 3. The number of nitrogens with one attached hydrogen (secondary N) is 1. The third-order valence-corrected chi connectivity index (χ3v) is 3.34. The summed E-state index contributed by atoms with van der Waals surface area (Å²) >= 11 is 0. The van der Waals surface area contributed by atoms with Crippen LogP contribution in [0.5, 0.6) is 0 Å². The molecule has 3 aromatic rings. The number of anilines is 1. The number of nitrogens with zero attached hydrogens (tertiary/aromatic N) is 2. The Morgan fingerprint density at radius 1 is 1.10 bits per heavy atom. The van der Waals surface area contributed by atoms with Crippen LogP contribution in [-0.4, -0.2) is 16.5 Å². The molecule has 0 aliphatic rings. The molecule has 3 nitrogen and oxygen atoms in total. The minimum absolute atomic E-state index is 0.859. The molecule has 0 saturated heterocycles. The molecule has 20 heavy (non-hydrogen) atoms.